The molecule has 1 unspecified atom stereocenters. The van der Waals surface area contributed by atoms with Crippen LogP contribution < -0.4 is 11.1 Å². The minimum Gasteiger partial charge on any atom is -0.368 e. The van der Waals surface area contributed by atoms with Gasteiger partial charge in [-0.25, -0.2) is 0 Å². The van der Waals surface area contributed by atoms with E-state index in [1.807, 2.05) is 18.2 Å². The van der Waals surface area contributed by atoms with Gasteiger partial charge in [-0.15, -0.1) is 0 Å². The van der Waals surface area contributed by atoms with Crippen LogP contribution in [0.1, 0.15) is 5.56 Å². The largest absolute Gasteiger partial charge is 0.368 e. The lowest BCUT2D eigenvalue weighted by atomic mass is 10.1. The lowest BCUT2D eigenvalue weighted by Crippen LogP contribution is -2.56. The van der Waals surface area contributed by atoms with Crippen LogP contribution in [0.15, 0.2) is 34.9 Å². The highest BCUT2D eigenvalue weighted by atomic mass is 79.9. The Kier molecular flexibility index (Phi) is 4.19. The number of carbonyl (C=O) groups excluding carboxylic acids is 1. The molecule has 0 bridgehead atoms. The zero-order valence-electron chi connectivity index (χ0n) is 11.6. The molecule has 1 saturated heterocycles. The molecule has 21 heavy (non-hydrogen) atoms. The highest BCUT2D eigenvalue weighted by Crippen LogP contribution is 2.26. The molecule has 0 spiro atoms. The minimum absolute atomic E-state index is 0.263. The second-order valence-electron chi connectivity index (χ2n) is 5.20. The van der Waals surface area contributed by atoms with Gasteiger partial charge in [0.2, 0.25) is 5.91 Å². The van der Waals surface area contributed by atoms with Gasteiger partial charge >= 0.3 is 0 Å². The average Bonchev–Trinajstić information content (AvgIpc) is 2.51. The molecule has 1 aromatic carbocycles. The Balaban J connectivity index is 1.94. The van der Waals surface area contributed by atoms with E-state index in [0.29, 0.717) is 13.1 Å². The van der Waals surface area contributed by atoms with E-state index in [4.69, 9.17) is 5.73 Å². The van der Waals surface area contributed by atoms with Gasteiger partial charge in [-0.3, -0.25) is 14.7 Å². The predicted molar refractivity (Wildman–Crippen MR) is 85.7 cm³/mol. The van der Waals surface area contributed by atoms with Gasteiger partial charge in [0.15, 0.2) is 0 Å². The van der Waals surface area contributed by atoms with E-state index in [-0.39, 0.29) is 11.9 Å². The molecule has 2 heterocycles. The summed E-state index contributed by atoms with van der Waals surface area (Å²) >= 11 is 3.55. The number of hydrogen-bond acceptors (Lipinski definition) is 4. The smallest absolute Gasteiger partial charge is 0.236 e. The van der Waals surface area contributed by atoms with Crippen LogP contribution in [0.2, 0.25) is 0 Å². The van der Waals surface area contributed by atoms with Gasteiger partial charge in [-0.2, -0.15) is 0 Å². The summed E-state index contributed by atoms with van der Waals surface area (Å²) in [6.45, 7) is 2.96. The van der Waals surface area contributed by atoms with Crippen LogP contribution in [0.4, 0.5) is 0 Å². The van der Waals surface area contributed by atoms with Crippen molar-refractivity contribution in [3.63, 3.8) is 0 Å². The third kappa shape index (κ3) is 2.92. The van der Waals surface area contributed by atoms with Crippen LogP contribution in [0.3, 0.4) is 0 Å². The van der Waals surface area contributed by atoms with Gasteiger partial charge in [0.05, 0.1) is 5.52 Å². The van der Waals surface area contributed by atoms with Crippen LogP contribution in [-0.4, -0.2) is 41.5 Å². The Labute approximate surface area is 131 Å². The Morgan fingerprint density at radius 3 is 3.14 bits per heavy atom. The third-order valence-corrected chi connectivity index (χ3v) is 4.55. The Bertz CT molecular complexity index is 676. The van der Waals surface area contributed by atoms with Crippen LogP contribution in [0.25, 0.3) is 10.9 Å². The first-order valence-corrected chi connectivity index (χ1v) is 7.72. The van der Waals surface area contributed by atoms with Crippen molar-refractivity contribution in [2.24, 2.45) is 5.73 Å². The molecule has 1 fully saturated rings. The van der Waals surface area contributed by atoms with Gasteiger partial charge in [0, 0.05) is 42.2 Å². The molecule has 1 aromatic heterocycles. The molecular formula is C15H17BrN4O. The van der Waals surface area contributed by atoms with Crippen LogP contribution in [0.5, 0.6) is 0 Å². The van der Waals surface area contributed by atoms with Gasteiger partial charge < -0.3 is 11.1 Å². The number of nitrogens with one attached hydrogen (secondary N) is 1. The molecule has 0 aliphatic carbocycles. The number of piperazine rings is 1. The monoisotopic (exact) mass is 348 g/mol. The summed E-state index contributed by atoms with van der Waals surface area (Å²) in [5, 5.41) is 4.30. The molecule has 1 atom stereocenters. The second-order valence-corrected chi connectivity index (χ2v) is 6.05. The maximum absolute atomic E-state index is 11.6. The molecule has 1 aliphatic rings. The fourth-order valence-corrected chi connectivity index (χ4v) is 3.21. The number of carbonyl (C=O) groups is 1. The first kappa shape index (κ1) is 14.4. The van der Waals surface area contributed by atoms with E-state index >= 15 is 0 Å². The van der Waals surface area contributed by atoms with E-state index in [2.05, 4.69) is 37.2 Å². The lowest BCUT2D eigenvalue weighted by Gasteiger charge is -2.34. The minimum atomic E-state index is -0.281. The van der Waals surface area contributed by atoms with Gasteiger partial charge in [-0.1, -0.05) is 28.1 Å². The van der Waals surface area contributed by atoms with E-state index in [9.17, 15) is 4.79 Å². The number of hydrogen-bond donors (Lipinski definition) is 2. The molecule has 110 valence electrons. The summed E-state index contributed by atoms with van der Waals surface area (Å²) in [6.07, 6.45) is 1.79. The molecule has 3 N–H and O–H groups in total. The van der Waals surface area contributed by atoms with Crippen molar-refractivity contribution in [2.75, 3.05) is 19.6 Å². The Morgan fingerprint density at radius 1 is 1.48 bits per heavy atom. The molecule has 2 aromatic rings. The number of aromatic nitrogens is 1. The number of primary amides is 1. The zero-order valence-corrected chi connectivity index (χ0v) is 13.1. The highest BCUT2D eigenvalue weighted by molar-refractivity contribution is 9.10. The zero-order chi connectivity index (χ0) is 14.8. The summed E-state index contributed by atoms with van der Waals surface area (Å²) in [5.74, 6) is -0.281. The number of rotatable bonds is 3. The van der Waals surface area contributed by atoms with Crippen molar-refractivity contribution >= 4 is 32.7 Å². The molecule has 5 nitrogen and oxygen atoms in total. The van der Waals surface area contributed by atoms with E-state index in [1.165, 1.54) is 0 Å². The average molecular weight is 349 g/mol. The molecule has 0 saturated carbocycles. The number of nitrogens with zero attached hydrogens (tertiary/aromatic N) is 2. The Hall–Kier alpha value is -1.50. The van der Waals surface area contributed by atoms with Crippen LogP contribution >= 0.6 is 15.9 Å². The van der Waals surface area contributed by atoms with Crippen molar-refractivity contribution in [2.45, 2.75) is 12.6 Å². The SMILES string of the molecule is NC(=O)C1CNCCN1Cc1ccc(Br)c2cccnc12. The van der Waals surface area contributed by atoms with Crippen molar-refractivity contribution in [3.05, 3.63) is 40.5 Å². The maximum Gasteiger partial charge on any atom is 0.236 e. The van der Waals surface area contributed by atoms with Crippen molar-refractivity contribution < 1.29 is 4.79 Å². The number of fused-ring (bicyclic) bond motifs is 1. The molecule has 3 rings (SSSR count). The number of nitrogens with two attached hydrogens (primary N) is 1. The normalized spacial score (nSPS) is 19.8. The van der Waals surface area contributed by atoms with Crippen LogP contribution in [0, 0.1) is 0 Å². The number of halogens is 1. The molecule has 6 heteroatoms. The maximum atomic E-state index is 11.6. The molecule has 0 radical (unpaired) electrons. The van der Waals surface area contributed by atoms with E-state index < -0.39 is 0 Å². The summed E-state index contributed by atoms with van der Waals surface area (Å²) in [6, 6.07) is 7.79. The fourth-order valence-electron chi connectivity index (χ4n) is 2.76. The van der Waals surface area contributed by atoms with Crippen LogP contribution in [-0.2, 0) is 11.3 Å². The first-order chi connectivity index (χ1) is 10.2. The Morgan fingerprint density at radius 2 is 2.33 bits per heavy atom. The van der Waals surface area contributed by atoms with Gasteiger partial charge in [0.25, 0.3) is 0 Å². The highest BCUT2D eigenvalue weighted by Gasteiger charge is 2.27. The number of amides is 1. The lowest BCUT2D eigenvalue weighted by molar-refractivity contribution is -0.124. The molecular weight excluding hydrogens is 332 g/mol. The van der Waals surface area contributed by atoms with Crippen molar-refractivity contribution in [3.8, 4) is 0 Å². The fraction of sp³-hybridized carbons (Fsp3) is 0.333. The number of pyridine rings is 1. The van der Waals surface area contributed by atoms with Crippen molar-refractivity contribution in [1.29, 1.82) is 0 Å². The third-order valence-electron chi connectivity index (χ3n) is 3.86. The summed E-state index contributed by atoms with van der Waals surface area (Å²) in [7, 11) is 0. The summed E-state index contributed by atoms with van der Waals surface area (Å²) < 4.78 is 1.03. The van der Waals surface area contributed by atoms with Gasteiger partial charge in [-0.05, 0) is 17.7 Å². The molecule has 1 amide bonds. The quantitative estimate of drug-likeness (QED) is 0.875. The topological polar surface area (TPSA) is 71.2 Å². The van der Waals surface area contributed by atoms with Crippen molar-refractivity contribution in [1.82, 2.24) is 15.2 Å². The summed E-state index contributed by atoms with van der Waals surface area (Å²) in [5.41, 5.74) is 7.58. The first-order valence-electron chi connectivity index (χ1n) is 6.93. The molecule has 1 aliphatic heterocycles. The number of benzene rings is 1. The van der Waals surface area contributed by atoms with E-state index in [0.717, 1.165) is 34.0 Å². The van der Waals surface area contributed by atoms with Gasteiger partial charge in [0.1, 0.15) is 6.04 Å². The van der Waals surface area contributed by atoms with E-state index in [1.54, 1.807) is 6.20 Å². The summed E-state index contributed by atoms with van der Waals surface area (Å²) in [4.78, 5) is 18.2. The second kappa shape index (κ2) is 6.09. The standard InChI is InChI=1S/C15H17BrN4O/c16-12-4-3-10(14-11(12)2-1-5-19-14)9-20-7-6-18-8-13(20)15(17)21/h1-5,13,18H,6-9H2,(H2,17,21). The predicted octanol–water partition coefficient (Wildman–Crippen LogP) is 1.26.